The van der Waals surface area contributed by atoms with Crippen molar-refractivity contribution in [1.82, 2.24) is 15.1 Å². The Morgan fingerprint density at radius 1 is 1.08 bits per heavy atom. The zero-order chi connectivity index (χ0) is 18.2. The molecule has 3 rings (SSSR count). The molecule has 0 bridgehead atoms. The fourth-order valence-corrected chi connectivity index (χ4v) is 2.76. The van der Waals surface area contributed by atoms with Gasteiger partial charge in [0.15, 0.2) is 5.82 Å². The summed E-state index contributed by atoms with van der Waals surface area (Å²) < 4.78 is 5.33. The minimum atomic E-state index is -0.144. The van der Waals surface area contributed by atoms with E-state index >= 15 is 0 Å². The Kier molecular flexibility index (Phi) is 6.76. The zero-order valence-electron chi connectivity index (χ0n) is 14.4. The summed E-state index contributed by atoms with van der Waals surface area (Å²) in [5.74, 6) is 0.978. The van der Waals surface area contributed by atoms with E-state index in [2.05, 4.69) is 25.7 Å². The van der Waals surface area contributed by atoms with Crippen LogP contribution in [0.4, 0.5) is 11.6 Å². The molecule has 1 aliphatic rings. The molecule has 1 aliphatic heterocycles. The quantitative estimate of drug-likeness (QED) is 0.771. The topological polar surface area (TPSA) is 79.4 Å². The van der Waals surface area contributed by atoms with Gasteiger partial charge in [-0.15, -0.1) is 10.2 Å². The maximum atomic E-state index is 12.1. The van der Waals surface area contributed by atoms with Gasteiger partial charge in [-0.1, -0.05) is 23.7 Å². The SMILES string of the molecule is O=C(Cc1ccc(Cl)cc1)Nc1ccc(NCCN2CCOCC2)nn1. The molecule has 138 valence electrons. The Hall–Kier alpha value is -2.22. The lowest BCUT2D eigenvalue weighted by Gasteiger charge is -2.26. The van der Waals surface area contributed by atoms with Crippen molar-refractivity contribution in [2.75, 3.05) is 50.0 Å². The third kappa shape index (κ3) is 5.94. The molecule has 0 aliphatic carbocycles. The average molecular weight is 376 g/mol. The molecule has 1 saturated heterocycles. The molecular formula is C18H22ClN5O2. The largest absolute Gasteiger partial charge is 0.379 e. The third-order valence-corrected chi connectivity index (χ3v) is 4.30. The highest BCUT2D eigenvalue weighted by molar-refractivity contribution is 6.30. The maximum Gasteiger partial charge on any atom is 0.229 e. The first kappa shape index (κ1) is 18.6. The summed E-state index contributed by atoms with van der Waals surface area (Å²) in [5, 5.41) is 14.8. The molecule has 8 heteroatoms. The van der Waals surface area contributed by atoms with Crippen LogP contribution in [0.15, 0.2) is 36.4 Å². The summed E-state index contributed by atoms with van der Waals surface area (Å²) in [4.78, 5) is 14.4. The monoisotopic (exact) mass is 375 g/mol. The Morgan fingerprint density at radius 2 is 1.77 bits per heavy atom. The minimum Gasteiger partial charge on any atom is -0.379 e. The number of aromatic nitrogens is 2. The van der Waals surface area contributed by atoms with E-state index in [0.29, 0.717) is 16.7 Å². The van der Waals surface area contributed by atoms with Crippen LogP contribution in [0, 0.1) is 0 Å². The van der Waals surface area contributed by atoms with E-state index in [1.807, 2.05) is 18.2 Å². The third-order valence-electron chi connectivity index (χ3n) is 4.05. The Labute approximate surface area is 157 Å². The summed E-state index contributed by atoms with van der Waals surface area (Å²) in [6.45, 7) is 5.24. The molecule has 1 aromatic carbocycles. The van der Waals surface area contributed by atoms with Gasteiger partial charge in [0, 0.05) is 31.2 Å². The lowest BCUT2D eigenvalue weighted by molar-refractivity contribution is -0.115. The summed E-state index contributed by atoms with van der Waals surface area (Å²) >= 11 is 5.84. The van der Waals surface area contributed by atoms with Crippen molar-refractivity contribution in [2.24, 2.45) is 0 Å². The molecule has 0 unspecified atom stereocenters. The van der Waals surface area contributed by atoms with Gasteiger partial charge in [0.2, 0.25) is 5.91 Å². The smallest absolute Gasteiger partial charge is 0.229 e. The maximum absolute atomic E-state index is 12.1. The highest BCUT2D eigenvalue weighted by atomic mass is 35.5. The number of hydrogen-bond donors (Lipinski definition) is 2. The van der Waals surface area contributed by atoms with Crippen LogP contribution in [0.2, 0.25) is 5.02 Å². The number of halogens is 1. The molecule has 1 aromatic heterocycles. The molecule has 0 atom stereocenters. The summed E-state index contributed by atoms with van der Waals surface area (Å²) in [5.41, 5.74) is 0.890. The van der Waals surface area contributed by atoms with E-state index in [1.165, 1.54) is 0 Å². The highest BCUT2D eigenvalue weighted by Gasteiger charge is 2.09. The molecule has 0 saturated carbocycles. The fourth-order valence-electron chi connectivity index (χ4n) is 2.63. The fraction of sp³-hybridized carbons (Fsp3) is 0.389. The standard InChI is InChI=1S/C18H22ClN5O2/c19-15-3-1-14(2-4-15)13-18(25)21-17-6-5-16(22-23-17)20-7-8-24-9-11-26-12-10-24/h1-6H,7-13H2,(H,20,22)(H,21,23,25). The first-order valence-electron chi connectivity index (χ1n) is 8.61. The normalized spacial score (nSPS) is 14.8. The second kappa shape index (κ2) is 9.47. The number of nitrogens with one attached hydrogen (secondary N) is 2. The van der Waals surface area contributed by atoms with E-state index in [9.17, 15) is 4.79 Å². The Balaban J connectivity index is 1.41. The Bertz CT molecular complexity index is 703. The number of carbonyl (C=O) groups is 1. The molecule has 1 fully saturated rings. The van der Waals surface area contributed by atoms with Crippen molar-refractivity contribution >= 4 is 29.1 Å². The summed E-state index contributed by atoms with van der Waals surface area (Å²) in [6.07, 6.45) is 0.262. The van der Waals surface area contributed by atoms with Gasteiger partial charge < -0.3 is 15.4 Å². The molecule has 7 nitrogen and oxygen atoms in total. The van der Waals surface area contributed by atoms with Crippen LogP contribution in [-0.4, -0.2) is 60.4 Å². The van der Waals surface area contributed by atoms with Crippen molar-refractivity contribution in [2.45, 2.75) is 6.42 Å². The van der Waals surface area contributed by atoms with Gasteiger partial charge in [-0.25, -0.2) is 0 Å². The van der Waals surface area contributed by atoms with Gasteiger partial charge in [0.1, 0.15) is 5.82 Å². The number of rotatable bonds is 7. The van der Waals surface area contributed by atoms with Crippen LogP contribution in [0.3, 0.4) is 0 Å². The van der Waals surface area contributed by atoms with Crippen molar-refractivity contribution in [3.8, 4) is 0 Å². The highest BCUT2D eigenvalue weighted by Crippen LogP contribution is 2.11. The first-order chi connectivity index (χ1) is 12.7. The number of morpholine rings is 1. The summed E-state index contributed by atoms with van der Waals surface area (Å²) in [6, 6.07) is 10.7. The summed E-state index contributed by atoms with van der Waals surface area (Å²) in [7, 11) is 0. The van der Waals surface area contributed by atoms with Crippen LogP contribution in [-0.2, 0) is 16.0 Å². The molecule has 2 aromatic rings. The lowest BCUT2D eigenvalue weighted by Crippen LogP contribution is -2.39. The van der Waals surface area contributed by atoms with Crippen LogP contribution in [0.5, 0.6) is 0 Å². The van der Waals surface area contributed by atoms with E-state index < -0.39 is 0 Å². The van der Waals surface area contributed by atoms with E-state index in [4.69, 9.17) is 16.3 Å². The number of amides is 1. The van der Waals surface area contributed by atoms with Gasteiger partial charge in [-0.2, -0.15) is 0 Å². The van der Waals surface area contributed by atoms with E-state index in [0.717, 1.165) is 45.0 Å². The first-order valence-corrected chi connectivity index (χ1v) is 8.99. The van der Waals surface area contributed by atoms with Gasteiger partial charge in [-0.3, -0.25) is 9.69 Å². The second-order valence-electron chi connectivity index (χ2n) is 6.04. The molecule has 0 radical (unpaired) electrons. The number of nitrogens with zero attached hydrogens (tertiary/aromatic N) is 3. The second-order valence-corrected chi connectivity index (χ2v) is 6.47. The van der Waals surface area contributed by atoms with Crippen LogP contribution < -0.4 is 10.6 Å². The molecule has 0 spiro atoms. The Morgan fingerprint density at radius 3 is 2.46 bits per heavy atom. The van der Waals surface area contributed by atoms with Gasteiger partial charge in [0.05, 0.1) is 19.6 Å². The van der Waals surface area contributed by atoms with Crippen molar-refractivity contribution in [1.29, 1.82) is 0 Å². The van der Waals surface area contributed by atoms with Crippen LogP contribution in [0.1, 0.15) is 5.56 Å². The average Bonchev–Trinajstić information content (AvgIpc) is 2.66. The van der Waals surface area contributed by atoms with Gasteiger partial charge in [0.25, 0.3) is 0 Å². The number of hydrogen-bond acceptors (Lipinski definition) is 6. The molecule has 2 N–H and O–H groups in total. The van der Waals surface area contributed by atoms with E-state index in [-0.39, 0.29) is 12.3 Å². The molecular weight excluding hydrogens is 354 g/mol. The zero-order valence-corrected chi connectivity index (χ0v) is 15.2. The minimum absolute atomic E-state index is 0.144. The van der Waals surface area contributed by atoms with Crippen molar-refractivity contribution < 1.29 is 9.53 Å². The predicted molar refractivity (Wildman–Crippen MR) is 102 cm³/mol. The number of carbonyl (C=O) groups excluding carboxylic acids is 1. The predicted octanol–water partition coefficient (Wildman–Crippen LogP) is 2.06. The van der Waals surface area contributed by atoms with Crippen molar-refractivity contribution in [3.05, 3.63) is 47.0 Å². The van der Waals surface area contributed by atoms with E-state index in [1.54, 1.807) is 18.2 Å². The molecule has 26 heavy (non-hydrogen) atoms. The lowest BCUT2D eigenvalue weighted by atomic mass is 10.1. The number of anilines is 2. The van der Waals surface area contributed by atoms with Crippen LogP contribution in [0.25, 0.3) is 0 Å². The van der Waals surface area contributed by atoms with Crippen LogP contribution >= 0.6 is 11.6 Å². The van der Waals surface area contributed by atoms with Gasteiger partial charge >= 0.3 is 0 Å². The molecule has 2 heterocycles. The number of ether oxygens (including phenoxy) is 1. The van der Waals surface area contributed by atoms with Crippen molar-refractivity contribution in [3.63, 3.8) is 0 Å². The molecule has 1 amide bonds. The number of benzene rings is 1. The van der Waals surface area contributed by atoms with Gasteiger partial charge in [-0.05, 0) is 29.8 Å².